The summed E-state index contributed by atoms with van der Waals surface area (Å²) in [6.07, 6.45) is -0.872. The molecular weight excluding hydrogens is 529 g/mol. The van der Waals surface area contributed by atoms with Crippen molar-refractivity contribution in [2.75, 3.05) is 0 Å². The standard InChI is InChI=1S/C28H25F3N4O3S/c1-4-21-19(15-35-11-10-23(35)26(36)38-27(37)28(29,30)31)6-5-7-22(21)25-34-33-24(39-25)18-9-8-17(12-16(2)3)20(13-18)14-32/h5-11,13,16,23H,4,12,15H2,1-3H3. The van der Waals surface area contributed by atoms with Gasteiger partial charge in [-0.25, -0.2) is 9.59 Å². The number of ether oxygens (including phenoxy) is 1. The molecule has 0 amide bonds. The Balaban J connectivity index is 1.55. The van der Waals surface area contributed by atoms with E-state index in [1.165, 1.54) is 22.3 Å². The second-order valence-corrected chi connectivity index (χ2v) is 10.4. The maximum absolute atomic E-state index is 12.5. The Morgan fingerprint density at radius 2 is 1.90 bits per heavy atom. The molecule has 0 spiro atoms. The number of hydrogen-bond acceptors (Lipinski definition) is 8. The first-order valence-corrected chi connectivity index (χ1v) is 13.1. The van der Waals surface area contributed by atoms with Gasteiger partial charge >= 0.3 is 18.1 Å². The van der Waals surface area contributed by atoms with Crippen LogP contribution >= 0.6 is 11.3 Å². The van der Waals surface area contributed by atoms with Crippen LogP contribution < -0.4 is 0 Å². The molecule has 2 heterocycles. The lowest BCUT2D eigenvalue weighted by molar-refractivity contribution is -0.203. The minimum Gasteiger partial charge on any atom is -0.385 e. The fourth-order valence-electron chi connectivity index (χ4n) is 4.35. The van der Waals surface area contributed by atoms with Crippen LogP contribution in [-0.2, 0) is 33.7 Å². The second-order valence-electron chi connectivity index (χ2n) is 9.46. The van der Waals surface area contributed by atoms with Crippen molar-refractivity contribution in [3.8, 4) is 27.2 Å². The zero-order chi connectivity index (χ0) is 28.3. The number of carbonyl (C=O) groups excluding carboxylic acids is 2. The molecule has 1 atom stereocenters. The molecule has 0 aliphatic carbocycles. The minimum absolute atomic E-state index is 0.224. The number of aromatic nitrogens is 2. The van der Waals surface area contributed by atoms with E-state index in [4.69, 9.17) is 0 Å². The maximum atomic E-state index is 12.5. The molecule has 11 heteroatoms. The number of hydrogen-bond donors (Lipinski definition) is 0. The Kier molecular flexibility index (Phi) is 8.16. The molecule has 0 N–H and O–H groups in total. The average Bonchev–Trinajstić information content (AvgIpc) is 3.35. The Hall–Kier alpha value is -4.04. The van der Waals surface area contributed by atoms with Gasteiger partial charge in [0.25, 0.3) is 0 Å². The molecule has 0 radical (unpaired) electrons. The predicted octanol–water partition coefficient (Wildman–Crippen LogP) is 5.83. The van der Waals surface area contributed by atoms with Crippen LogP contribution in [0.5, 0.6) is 0 Å². The van der Waals surface area contributed by atoms with E-state index in [1.54, 1.807) is 6.20 Å². The average molecular weight is 555 g/mol. The van der Waals surface area contributed by atoms with E-state index in [-0.39, 0.29) is 6.54 Å². The number of nitriles is 1. The van der Waals surface area contributed by atoms with Crippen molar-refractivity contribution in [3.63, 3.8) is 0 Å². The third-order valence-corrected chi connectivity index (χ3v) is 7.23. The van der Waals surface area contributed by atoms with Gasteiger partial charge in [-0.1, -0.05) is 62.4 Å². The smallest absolute Gasteiger partial charge is 0.385 e. The Bertz CT molecular complexity index is 1470. The number of halogens is 3. The number of alkyl halides is 3. The summed E-state index contributed by atoms with van der Waals surface area (Å²) in [7, 11) is 0. The summed E-state index contributed by atoms with van der Waals surface area (Å²) in [5.74, 6) is -3.39. The first-order chi connectivity index (χ1) is 18.5. The van der Waals surface area contributed by atoms with E-state index in [0.29, 0.717) is 27.9 Å². The molecule has 1 aliphatic rings. The van der Waals surface area contributed by atoms with Crippen molar-refractivity contribution in [3.05, 3.63) is 70.9 Å². The van der Waals surface area contributed by atoms with Gasteiger partial charge in [0.2, 0.25) is 0 Å². The monoisotopic (exact) mass is 554 g/mol. The summed E-state index contributed by atoms with van der Waals surface area (Å²) in [6.45, 7) is 6.40. The van der Waals surface area contributed by atoms with Gasteiger partial charge in [-0.15, -0.1) is 10.2 Å². The molecule has 202 valence electrons. The molecule has 0 saturated carbocycles. The van der Waals surface area contributed by atoms with Crippen molar-refractivity contribution >= 4 is 23.3 Å². The maximum Gasteiger partial charge on any atom is 0.491 e. The number of benzene rings is 2. The molecule has 3 aromatic rings. The Labute approximate surface area is 227 Å². The van der Waals surface area contributed by atoms with Gasteiger partial charge in [0.15, 0.2) is 0 Å². The molecule has 4 rings (SSSR count). The van der Waals surface area contributed by atoms with Crippen LogP contribution in [0.25, 0.3) is 21.1 Å². The van der Waals surface area contributed by atoms with Gasteiger partial charge in [-0.3, -0.25) is 0 Å². The molecule has 1 aromatic heterocycles. The molecule has 7 nitrogen and oxygen atoms in total. The predicted molar refractivity (Wildman–Crippen MR) is 139 cm³/mol. The lowest BCUT2D eigenvalue weighted by Gasteiger charge is -2.34. The summed E-state index contributed by atoms with van der Waals surface area (Å²) in [5, 5.41) is 19.7. The van der Waals surface area contributed by atoms with Crippen LogP contribution in [0, 0.1) is 17.2 Å². The fourth-order valence-corrected chi connectivity index (χ4v) is 5.24. The highest BCUT2D eigenvalue weighted by atomic mass is 32.1. The van der Waals surface area contributed by atoms with Gasteiger partial charge in [0.05, 0.1) is 11.6 Å². The number of rotatable bonds is 8. The van der Waals surface area contributed by atoms with E-state index >= 15 is 0 Å². The largest absolute Gasteiger partial charge is 0.491 e. The first-order valence-electron chi connectivity index (χ1n) is 12.3. The number of nitrogens with zero attached hydrogens (tertiary/aromatic N) is 4. The number of carbonyl (C=O) groups is 2. The van der Waals surface area contributed by atoms with Crippen LogP contribution in [0.15, 0.2) is 48.7 Å². The fraction of sp³-hybridized carbons (Fsp3) is 0.321. The summed E-state index contributed by atoms with van der Waals surface area (Å²) < 4.78 is 41.4. The topological polar surface area (TPSA) is 96.2 Å². The lowest BCUT2D eigenvalue weighted by atomic mass is 9.97. The Morgan fingerprint density at radius 3 is 2.51 bits per heavy atom. The second kappa shape index (κ2) is 11.4. The number of esters is 2. The van der Waals surface area contributed by atoms with E-state index in [0.717, 1.165) is 34.2 Å². The lowest BCUT2D eigenvalue weighted by Crippen LogP contribution is -2.45. The highest BCUT2D eigenvalue weighted by Crippen LogP contribution is 2.35. The third-order valence-electron chi connectivity index (χ3n) is 6.22. The van der Waals surface area contributed by atoms with Gasteiger partial charge in [-0.05, 0) is 53.8 Å². The van der Waals surface area contributed by atoms with E-state index in [9.17, 15) is 28.0 Å². The quantitative estimate of drug-likeness (QED) is 0.255. The third kappa shape index (κ3) is 6.17. The van der Waals surface area contributed by atoms with Crippen LogP contribution in [0.4, 0.5) is 13.2 Å². The van der Waals surface area contributed by atoms with Crippen LogP contribution in [0.3, 0.4) is 0 Å². The van der Waals surface area contributed by atoms with Gasteiger partial charge in [0, 0.05) is 17.7 Å². The van der Waals surface area contributed by atoms with Crippen molar-refractivity contribution in [2.45, 2.75) is 52.4 Å². The SMILES string of the molecule is CCc1c(CN2C=CC2C(=O)OC(=O)C(F)(F)F)cccc1-c1nnc(-c2ccc(CC(C)C)c(C#N)c2)s1. The first kappa shape index (κ1) is 28.0. The van der Waals surface area contributed by atoms with E-state index in [2.05, 4.69) is 34.9 Å². The van der Waals surface area contributed by atoms with Crippen LogP contribution in [-0.4, -0.2) is 39.3 Å². The summed E-state index contributed by atoms with van der Waals surface area (Å²) in [5.41, 5.74) is 5.06. The van der Waals surface area contributed by atoms with Gasteiger partial charge < -0.3 is 9.64 Å². The molecule has 0 bridgehead atoms. The minimum atomic E-state index is -5.25. The van der Waals surface area contributed by atoms with Gasteiger partial charge in [0.1, 0.15) is 16.1 Å². The van der Waals surface area contributed by atoms with E-state index in [1.807, 2.05) is 43.3 Å². The molecule has 1 unspecified atom stereocenters. The highest BCUT2D eigenvalue weighted by molar-refractivity contribution is 7.17. The zero-order valence-electron chi connectivity index (χ0n) is 21.5. The van der Waals surface area contributed by atoms with Crippen molar-refractivity contribution in [2.24, 2.45) is 5.92 Å². The Morgan fingerprint density at radius 1 is 1.15 bits per heavy atom. The molecule has 1 aliphatic heterocycles. The summed E-state index contributed by atoms with van der Waals surface area (Å²) in [4.78, 5) is 24.7. The van der Waals surface area contributed by atoms with Crippen LogP contribution in [0.2, 0.25) is 0 Å². The summed E-state index contributed by atoms with van der Waals surface area (Å²) in [6, 6.07) is 12.5. The van der Waals surface area contributed by atoms with Crippen molar-refractivity contribution < 1.29 is 27.5 Å². The van der Waals surface area contributed by atoms with Gasteiger partial charge in [-0.2, -0.15) is 18.4 Å². The zero-order valence-corrected chi connectivity index (χ0v) is 22.3. The molecule has 2 aromatic carbocycles. The van der Waals surface area contributed by atoms with Crippen molar-refractivity contribution in [1.29, 1.82) is 5.26 Å². The molecule has 0 saturated heterocycles. The van der Waals surface area contributed by atoms with E-state index < -0.39 is 24.2 Å². The van der Waals surface area contributed by atoms with Crippen LogP contribution in [0.1, 0.15) is 43.0 Å². The normalized spacial score (nSPS) is 14.7. The highest BCUT2D eigenvalue weighted by Gasteiger charge is 2.44. The molecule has 39 heavy (non-hydrogen) atoms. The molecular formula is C28H25F3N4O3S. The van der Waals surface area contributed by atoms with Crippen molar-refractivity contribution in [1.82, 2.24) is 15.1 Å². The molecule has 0 fully saturated rings. The summed E-state index contributed by atoms with van der Waals surface area (Å²) >= 11 is 1.39.